The third-order valence-electron chi connectivity index (χ3n) is 3.17. The molecule has 0 amide bonds. The summed E-state index contributed by atoms with van der Waals surface area (Å²) >= 11 is 0. The van der Waals surface area contributed by atoms with E-state index in [1.807, 2.05) is 0 Å². The molecule has 92 valence electrons. The molecule has 1 N–H and O–H groups in total. The Morgan fingerprint density at radius 3 is 2.71 bits per heavy atom. The van der Waals surface area contributed by atoms with E-state index in [0.717, 1.165) is 25.7 Å². The molecule has 0 saturated heterocycles. The average molecular weight is 236 g/mol. The van der Waals surface area contributed by atoms with Crippen LogP contribution in [-0.2, 0) is 0 Å². The van der Waals surface area contributed by atoms with Crippen molar-refractivity contribution in [2.24, 2.45) is 0 Å². The van der Waals surface area contributed by atoms with Gasteiger partial charge in [0, 0.05) is 5.92 Å². The molecule has 0 spiro atoms. The fourth-order valence-corrected chi connectivity index (χ4v) is 2.29. The lowest BCUT2D eigenvalue weighted by atomic mass is 9.87. The number of ether oxygens (including phenoxy) is 1. The van der Waals surface area contributed by atoms with Crippen LogP contribution < -0.4 is 4.74 Å². The van der Waals surface area contributed by atoms with Crippen molar-refractivity contribution in [3.05, 3.63) is 17.6 Å². The Bertz CT molecular complexity index is 414. The lowest BCUT2D eigenvalue weighted by molar-refractivity contribution is 0.0689. The number of nitrogens with zero attached hydrogens (tertiary/aromatic N) is 2. The van der Waals surface area contributed by atoms with Gasteiger partial charge in [0.15, 0.2) is 5.69 Å². The molecule has 1 saturated carbocycles. The highest BCUT2D eigenvalue weighted by Gasteiger charge is 2.23. The molecule has 1 heterocycles. The molecule has 2 rings (SSSR count). The Morgan fingerprint density at radius 2 is 2.12 bits per heavy atom. The second-order valence-electron chi connectivity index (χ2n) is 4.29. The summed E-state index contributed by atoms with van der Waals surface area (Å²) in [6.07, 6.45) is 6.88. The number of carboxylic acid groups (broad SMARTS) is 1. The molecule has 5 heteroatoms. The number of hydrogen-bond donors (Lipinski definition) is 1. The fourth-order valence-electron chi connectivity index (χ4n) is 2.29. The number of aromatic carboxylic acids is 1. The number of carboxylic acids is 1. The van der Waals surface area contributed by atoms with Crippen LogP contribution in [0.2, 0.25) is 0 Å². The molecule has 0 aromatic carbocycles. The van der Waals surface area contributed by atoms with Crippen molar-refractivity contribution in [3.63, 3.8) is 0 Å². The smallest absolute Gasteiger partial charge is 0.356 e. The minimum Gasteiger partial charge on any atom is -0.480 e. The molecule has 0 radical (unpaired) electrons. The summed E-state index contributed by atoms with van der Waals surface area (Å²) in [5.74, 6) is -0.301. The summed E-state index contributed by atoms with van der Waals surface area (Å²) in [5, 5.41) is 8.93. The number of hydrogen-bond acceptors (Lipinski definition) is 4. The van der Waals surface area contributed by atoms with Crippen molar-refractivity contribution >= 4 is 5.97 Å². The number of rotatable bonds is 3. The van der Waals surface area contributed by atoms with Gasteiger partial charge in [-0.15, -0.1) is 0 Å². The van der Waals surface area contributed by atoms with E-state index in [0.29, 0.717) is 11.6 Å². The second kappa shape index (κ2) is 5.12. The minimum absolute atomic E-state index is 0.00799. The van der Waals surface area contributed by atoms with E-state index in [2.05, 4.69) is 9.97 Å². The summed E-state index contributed by atoms with van der Waals surface area (Å²) in [5.41, 5.74) is 0.693. The van der Waals surface area contributed by atoms with Crippen LogP contribution in [0.15, 0.2) is 6.20 Å². The van der Waals surface area contributed by atoms with E-state index in [4.69, 9.17) is 9.84 Å². The Hall–Kier alpha value is -1.65. The highest BCUT2D eigenvalue weighted by Crippen LogP contribution is 2.35. The van der Waals surface area contributed by atoms with Gasteiger partial charge in [0.25, 0.3) is 0 Å². The van der Waals surface area contributed by atoms with Crippen LogP contribution in [0, 0.1) is 0 Å². The van der Waals surface area contributed by atoms with Gasteiger partial charge in [-0.05, 0) is 12.8 Å². The third-order valence-corrected chi connectivity index (χ3v) is 3.17. The molecular weight excluding hydrogens is 220 g/mol. The molecule has 1 aliphatic carbocycles. The molecule has 5 nitrogen and oxygen atoms in total. The summed E-state index contributed by atoms with van der Waals surface area (Å²) in [7, 11) is 1.54. The van der Waals surface area contributed by atoms with Crippen molar-refractivity contribution in [2.45, 2.75) is 38.0 Å². The topological polar surface area (TPSA) is 72.3 Å². The molecule has 1 aliphatic rings. The fraction of sp³-hybridized carbons (Fsp3) is 0.583. The largest absolute Gasteiger partial charge is 0.480 e. The maximum Gasteiger partial charge on any atom is 0.356 e. The maximum absolute atomic E-state index is 10.9. The van der Waals surface area contributed by atoms with E-state index in [1.54, 1.807) is 0 Å². The van der Waals surface area contributed by atoms with Crippen molar-refractivity contribution in [3.8, 4) is 5.88 Å². The zero-order valence-electron chi connectivity index (χ0n) is 9.85. The van der Waals surface area contributed by atoms with Crippen LogP contribution in [0.5, 0.6) is 5.88 Å². The molecule has 1 aromatic rings. The predicted molar refractivity (Wildman–Crippen MR) is 61.4 cm³/mol. The number of aromatic nitrogens is 2. The first kappa shape index (κ1) is 11.8. The number of methoxy groups -OCH3 is 1. The first-order valence-corrected chi connectivity index (χ1v) is 5.86. The third kappa shape index (κ3) is 2.54. The monoisotopic (exact) mass is 236 g/mol. The lowest BCUT2D eigenvalue weighted by Gasteiger charge is -2.22. The van der Waals surface area contributed by atoms with E-state index < -0.39 is 5.97 Å². The molecular formula is C12H16N2O3. The van der Waals surface area contributed by atoms with Gasteiger partial charge >= 0.3 is 5.97 Å². The average Bonchev–Trinajstić information content (AvgIpc) is 2.39. The summed E-state index contributed by atoms with van der Waals surface area (Å²) < 4.78 is 5.17. The van der Waals surface area contributed by atoms with Crippen LogP contribution in [0.25, 0.3) is 0 Å². The van der Waals surface area contributed by atoms with Gasteiger partial charge in [0.1, 0.15) is 5.69 Å². The molecule has 0 atom stereocenters. The maximum atomic E-state index is 10.9. The Kier molecular flexibility index (Phi) is 3.56. The van der Waals surface area contributed by atoms with Crippen LogP contribution >= 0.6 is 0 Å². The van der Waals surface area contributed by atoms with Gasteiger partial charge in [-0.2, -0.15) is 0 Å². The molecule has 1 fully saturated rings. The van der Waals surface area contributed by atoms with Crippen LogP contribution in [-0.4, -0.2) is 28.2 Å². The number of carbonyl (C=O) groups is 1. The van der Waals surface area contributed by atoms with E-state index >= 15 is 0 Å². The normalized spacial score (nSPS) is 16.8. The van der Waals surface area contributed by atoms with Crippen molar-refractivity contribution in [1.29, 1.82) is 0 Å². The quantitative estimate of drug-likeness (QED) is 0.871. The van der Waals surface area contributed by atoms with Crippen molar-refractivity contribution in [1.82, 2.24) is 9.97 Å². The zero-order valence-corrected chi connectivity index (χ0v) is 9.85. The van der Waals surface area contributed by atoms with Crippen LogP contribution in [0.3, 0.4) is 0 Å². The van der Waals surface area contributed by atoms with E-state index in [9.17, 15) is 4.79 Å². The zero-order chi connectivity index (χ0) is 12.3. The second-order valence-corrected chi connectivity index (χ2v) is 4.29. The lowest BCUT2D eigenvalue weighted by Crippen LogP contribution is -2.12. The van der Waals surface area contributed by atoms with Crippen molar-refractivity contribution in [2.75, 3.05) is 7.11 Å². The van der Waals surface area contributed by atoms with Crippen LogP contribution in [0.4, 0.5) is 0 Å². The Balaban J connectivity index is 2.34. The standard InChI is InChI=1S/C12H16N2O3/c1-17-11-10(8-5-3-2-4-6-8)14-9(7-13-11)12(15)16/h7-8H,2-6H2,1H3,(H,15,16). The van der Waals surface area contributed by atoms with E-state index in [-0.39, 0.29) is 11.6 Å². The van der Waals surface area contributed by atoms with E-state index in [1.165, 1.54) is 19.7 Å². The molecule has 17 heavy (non-hydrogen) atoms. The minimum atomic E-state index is -1.04. The summed E-state index contributed by atoms with van der Waals surface area (Å²) in [6, 6.07) is 0. The Morgan fingerprint density at radius 1 is 1.41 bits per heavy atom. The Labute approximate surface area is 99.9 Å². The van der Waals surface area contributed by atoms with Gasteiger partial charge < -0.3 is 9.84 Å². The summed E-state index contributed by atoms with van der Waals surface area (Å²) in [6.45, 7) is 0. The first-order chi connectivity index (χ1) is 8.22. The van der Waals surface area contributed by atoms with Gasteiger partial charge in [-0.25, -0.2) is 14.8 Å². The summed E-state index contributed by atoms with van der Waals surface area (Å²) in [4.78, 5) is 19.1. The van der Waals surface area contributed by atoms with Gasteiger partial charge in [-0.1, -0.05) is 19.3 Å². The first-order valence-electron chi connectivity index (χ1n) is 5.86. The van der Waals surface area contributed by atoms with Crippen molar-refractivity contribution < 1.29 is 14.6 Å². The highest BCUT2D eigenvalue weighted by atomic mass is 16.5. The molecule has 1 aromatic heterocycles. The highest BCUT2D eigenvalue weighted by molar-refractivity contribution is 5.85. The molecule has 0 unspecified atom stereocenters. The van der Waals surface area contributed by atoms with Gasteiger partial charge in [0.2, 0.25) is 5.88 Å². The van der Waals surface area contributed by atoms with Gasteiger partial charge in [-0.3, -0.25) is 0 Å². The SMILES string of the molecule is COc1ncc(C(=O)O)nc1C1CCCCC1. The molecule has 0 bridgehead atoms. The van der Waals surface area contributed by atoms with Crippen LogP contribution in [0.1, 0.15) is 54.2 Å². The predicted octanol–water partition coefficient (Wildman–Crippen LogP) is 2.23. The van der Waals surface area contributed by atoms with Gasteiger partial charge in [0.05, 0.1) is 13.3 Å². The molecule has 0 aliphatic heterocycles.